The summed E-state index contributed by atoms with van der Waals surface area (Å²) in [6.07, 6.45) is 4.56. The molecule has 2 rings (SSSR count). The fraction of sp³-hybridized carbons (Fsp3) is 0.850. The summed E-state index contributed by atoms with van der Waals surface area (Å²) in [6, 6.07) is 0.776. The lowest BCUT2D eigenvalue weighted by Gasteiger charge is -2.32. The Labute approximate surface area is 163 Å². The van der Waals surface area contributed by atoms with Crippen molar-refractivity contribution < 1.29 is 9.18 Å². The van der Waals surface area contributed by atoms with E-state index in [4.69, 9.17) is 0 Å². The van der Waals surface area contributed by atoms with Gasteiger partial charge in [0.1, 0.15) is 0 Å². The summed E-state index contributed by atoms with van der Waals surface area (Å²) in [5.41, 5.74) is 5.76. The van der Waals surface area contributed by atoms with Crippen molar-refractivity contribution >= 4 is 5.78 Å². The van der Waals surface area contributed by atoms with Gasteiger partial charge in [0, 0.05) is 45.2 Å². The summed E-state index contributed by atoms with van der Waals surface area (Å²) in [4.78, 5) is 14.9. The number of rotatable bonds is 13. The van der Waals surface area contributed by atoms with Gasteiger partial charge in [-0.05, 0) is 51.1 Å². The molecule has 1 unspecified atom stereocenters. The van der Waals surface area contributed by atoms with Gasteiger partial charge in [-0.15, -0.1) is 0 Å². The molecule has 1 saturated heterocycles. The van der Waals surface area contributed by atoms with Crippen molar-refractivity contribution in [1.29, 1.82) is 0 Å². The topological polar surface area (TPSA) is 68.4 Å². The number of allylic oxidation sites excluding steroid dienone is 2. The molecule has 2 fully saturated rings. The summed E-state index contributed by atoms with van der Waals surface area (Å²) >= 11 is 0. The van der Waals surface area contributed by atoms with Gasteiger partial charge in [-0.3, -0.25) is 9.69 Å². The van der Waals surface area contributed by atoms with Gasteiger partial charge in [0.25, 0.3) is 0 Å². The second-order valence-corrected chi connectivity index (χ2v) is 8.08. The molecular formula is C20H38FN5O. The first-order chi connectivity index (χ1) is 13.0. The highest BCUT2D eigenvalue weighted by atomic mass is 19.1. The Morgan fingerprint density at radius 1 is 1.26 bits per heavy atom. The number of carbonyl (C=O) groups is 1. The Morgan fingerprint density at radius 2 is 2.00 bits per heavy atom. The molecule has 1 saturated carbocycles. The SMILES string of the molecule is CCC(NNC)=C(F)C(=O)C[C@H](C)C(CNC)N1CC[C@@H](NCC2CC2)C1. The quantitative estimate of drug-likeness (QED) is 0.286. The van der Waals surface area contributed by atoms with E-state index in [1.807, 2.05) is 14.0 Å². The molecule has 3 atom stereocenters. The molecule has 0 amide bonds. The normalized spacial score (nSPS) is 23.8. The first kappa shape index (κ1) is 22.3. The second kappa shape index (κ2) is 11.1. The largest absolute Gasteiger partial charge is 0.323 e. The van der Waals surface area contributed by atoms with Crippen LogP contribution >= 0.6 is 0 Å². The number of hydrazine groups is 1. The third-order valence-electron chi connectivity index (χ3n) is 5.80. The fourth-order valence-corrected chi connectivity index (χ4v) is 3.95. The average Bonchev–Trinajstić information content (AvgIpc) is 3.38. The summed E-state index contributed by atoms with van der Waals surface area (Å²) in [6.45, 7) is 7.89. The zero-order chi connectivity index (χ0) is 19.8. The maximum atomic E-state index is 14.5. The zero-order valence-electron chi connectivity index (χ0n) is 17.4. The van der Waals surface area contributed by atoms with Crippen LogP contribution in [0.2, 0.25) is 0 Å². The Morgan fingerprint density at radius 3 is 2.59 bits per heavy atom. The minimum Gasteiger partial charge on any atom is -0.323 e. The lowest BCUT2D eigenvalue weighted by Crippen LogP contribution is -2.46. The van der Waals surface area contributed by atoms with E-state index in [1.54, 1.807) is 7.05 Å². The maximum Gasteiger partial charge on any atom is 0.193 e. The molecule has 0 radical (unpaired) electrons. The fourth-order valence-electron chi connectivity index (χ4n) is 3.95. The van der Waals surface area contributed by atoms with Gasteiger partial charge < -0.3 is 16.1 Å². The van der Waals surface area contributed by atoms with Gasteiger partial charge >= 0.3 is 0 Å². The predicted molar refractivity (Wildman–Crippen MR) is 108 cm³/mol. The average molecular weight is 384 g/mol. The summed E-state index contributed by atoms with van der Waals surface area (Å²) in [7, 11) is 3.60. The Kier molecular flexibility index (Phi) is 9.15. The van der Waals surface area contributed by atoms with E-state index in [0.717, 1.165) is 38.5 Å². The first-order valence-corrected chi connectivity index (χ1v) is 10.5. The van der Waals surface area contributed by atoms with Crippen LogP contribution in [0.4, 0.5) is 4.39 Å². The smallest absolute Gasteiger partial charge is 0.193 e. The van der Waals surface area contributed by atoms with E-state index in [2.05, 4.69) is 33.3 Å². The van der Waals surface area contributed by atoms with E-state index in [-0.39, 0.29) is 18.4 Å². The van der Waals surface area contributed by atoms with Crippen molar-refractivity contribution in [3.63, 3.8) is 0 Å². The molecule has 27 heavy (non-hydrogen) atoms. The molecule has 0 spiro atoms. The van der Waals surface area contributed by atoms with Gasteiger partial charge in [0.2, 0.25) is 0 Å². The van der Waals surface area contributed by atoms with Crippen LogP contribution in [-0.2, 0) is 4.79 Å². The molecule has 0 aromatic carbocycles. The van der Waals surface area contributed by atoms with Crippen molar-refractivity contribution in [2.45, 2.75) is 58.0 Å². The molecule has 1 heterocycles. The predicted octanol–water partition coefficient (Wildman–Crippen LogP) is 1.56. The van der Waals surface area contributed by atoms with Crippen LogP contribution in [0.15, 0.2) is 11.5 Å². The van der Waals surface area contributed by atoms with Gasteiger partial charge in [-0.1, -0.05) is 13.8 Å². The number of nitrogens with one attached hydrogen (secondary N) is 4. The van der Waals surface area contributed by atoms with E-state index in [1.165, 1.54) is 12.8 Å². The maximum absolute atomic E-state index is 14.5. The van der Waals surface area contributed by atoms with Crippen molar-refractivity contribution in [2.24, 2.45) is 11.8 Å². The number of ketones is 1. The highest BCUT2D eigenvalue weighted by molar-refractivity contribution is 5.94. The molecule has 1 aliphatic carbocycles. The van der Waals surface area contributed by atoms with Crippen LogP contribution in [-0.4, -0.2) is 63.0 Å². The van der Waals surface area contributed by atoms with Crippen LogP contribution in [0.25, 0.3) is 0 Å². The lowest BCUT2D eigenvalue weighted by atomic mass is 9.93. The van der Waals surface area contributed by atoms with Crippen molar-refractivity contribution in [3.8, 4) is 0 Å². The standard InChI is InChI=1S/C20H38FN5O/c1-5-17(25-23-4)20(21)19(27)10-14(2)18(12-22-3)26-9-8-16(13-26)24-11-15-6-7-15/h14-16,18,22-25H,5-13H2,1-4H3/t14-,16+,18?/m0/s1. The third kappa shape index (κ3) is 6.82. The number of likely N-dealkylation sites (N-methyl/N-ethyl adjacent to an activating group) is 1. The molecule has 6 nitrogen and oxygen atoms in total. The molecule has 156 valence electrons. The summed E-state index contributed by atoms with van der Waals surface area (Å²) in [5, 5.41) is 6.95. The van der Waals surface area contributed by atoms with Crippen molar-refractivity contribution in [3.05, 3.63) is 11.5 Å². The second-order valence-electron chi connectivity index (χ2n) is 8.08. The minimum atomic E-state index is -0.646. The molecule has 7 heteroatoms. The van der Waals surface area contributed by atoms with Gasteiger partial charge in [0.15, 0.2) is 11.6 Å². The molecule has 1 aliphatic heterocycles. The molecular weight excluding hydrogens is 345 g/mol. The number of Topliss-reactive ketones (excluding diaryl/α,β-unsaturated/α-hetero) is 1. The third-order valence-corrected chi connectivity index (χ3v) is 5.80. The molecule has 2 aliphatic rings. The van der Waals surface area contributed by atoms with Crippen LogP contribution < -0.4 is 21.5 Å². The summed E-state index contributed by atoms with van der Waals surface area (Å²) < 4.78 is 14.5. The van der Waals surface area contributed by atoms with E-state index in [0.29, 0.717) is 18.2 Å². The number of carbonyl (C=O) groups excluding carboxylic acids is 1. The zero-order valence-corrected chi connectivity index (χ0v) is 17.4. The van der Waals surface area contributed by atoms with Crippen molar-refractivity contribution in [1.82, 2.24) is 26.4 Å². The minimum absolute atomic E-state index is 0.0885. The molecule has 0 aromatic rings. The summed E-state index contributed by atoms with van der Waals surface area (Å²) in [5.74, 6) is -0.0823. The van der Waals surface area contributed by atoms with Gasteiger partial charge in [0.05, 0.1) is 5.70 Å². The lowest BCUT2D eigenvalue weighted by molar-refractivity contribution is -0.118. The monoisotopic (exact) mass is 383 g/mol. The Hall–Kier alpha value is -1.02. The Bertz CT molecular complexity index is 509. The van der Waals surface area contributed by atoms with Gasteiger partial charge in [-0.2, -0.15) is 0 Å². The number of nitrogens with zero attached hydrogens (tertiary/aromatic N) is 1. The van der Waals surface area contributed by atoms with E-state index in [9.17, 15) is 9.18 Å². The van der Waals surface area contributed by atoms with Crippen LogP contribution in [0.3, 0.4) is 0 Å². The van der Waals surface area contributed by atoms with Crippen LogP contribution in [0.5, 0.6) is 0 Å². The number of hydrogen-bond acceptors (Lipinski definition) is 6. The van der Waals surface area contributed by atoms with Gasteiger partial charge in [-0.25, -0.2) is 9.82 Å². The van der Waals surface area contributed by atoms with E-state index >= 15 is 0 Å². The Balaban J connectivity index is 1.91. The highest BCUT2D eigenvalue weighted by Gasteiger charge is 2.33. The number of likely N-dealkylation sites (tertiary alicyclic amines) is 1. The molecule has 0 aromatic heterocycles. The van der Waals surface area contributed by atoms with E-state index < -0.39 is 11.6 Å². The van der Waals surface area contributed by atoms with Crippen molar-refractivity contribution in [2.75, 3.05) is 40.3 Å². The first-order valence-electron chi connectivity index (χ1n) is 10.5. The molecule has 0 bridgehead atoms. The number of halogens is 1. The molecule has 4 N–H and O–H groups in total. The van der Waals surface area contributed by atoms with Crippen LogP contribution in [0, 0.1) is 11.8 Å². The highest BCUT2D eigenvalue weighted by Crippen LogP contribution is 2.28. The number of hydrogen-bond donors (Lipinski definition) is 4. The van der Waals surface area contributed by atoms with Crippen LogP contribution in [0.1, 0.15) is 46.0 Å².